The molecule has 3 aromatic rings. The molecule has 3 aliphatic rings. The molecule has 3 aromatic carbocycles. The molecule has 14 heteroatoms. The smallest absolute Gasteiger partial charge is 0.343 e. The number of carbonyl (C=O) groups is 5. The van der Waals surface area contributed by atoms with Crippen LogP contribution >= 0.6 is 0 Å². The Labute approximate surface area is 253 Å². The largest absolute Gasteiger partial charge is 0.423 e. The third-order valence-electron chi connectivity index (χ3n) is 8.24. The van der Waals surface area contributed by atoms with E-state index in [2.05, 4.69) is 0 Å². The van der Waals surface area contributed by atoms with E-state index < -0.39 is 57.7 Å². The Morgan fingerprint density at radius 3 is 1.69 bits per heavy atom. The van der Waals surface area contributed by atoms with Crippen LogP contribution in [0.25, 0.3) is 0 Å². The summed E-state index contributed by atoms with van der Waals surface area (Å²) in [5, 5.41) is 23.5. The number of fused-ring (bicyclic) bond motifs is 5. The van der Waals surface area contributed by atoms with E-state index in [0.29, 0.717) is 6.42 Å². The highest BCUT2D eigenvalue weighted by Gasteiger charge is 2.61. The summed E-state index contributed by atoms with van der Waals surface area (Å²) in [6.45, 7) is -0.697. The Morgan fingerprint density at radius 1 is 0.733 bits per heavy atom. The van der Waals surface area contributed by atoms with Crippen LogP contribution in [0.5, 0.6) is 5.75 Å². The predicted molar refractivity (Wildman–Crippen MR) is 153 cm³/mol. The molecule has 1 aliphatic heterocycles. The van der Waals surface area contributed by atoms with Crippen LogP contribution in [-0.4, -0.2) is 55.9 Å². The van der Waals surface area contributed by atoms with Crippen LogP contribution < -0.4 is 4.74 Å². The van der Waals surface area contributed by atoms with Crippen LogP contribution in [-0.2, 0) is 9.59 Å². The summed E-state index contributed by atoms with van der Waals surface area (Å²) in [7, 11) is 0. The number of non-ortho nitro benzene ring substituents is 2. The molecular weight excluding hydrogens is 588 g/mol. The first-order valence-electron chi connectivity index (χ1n) is 13.8. The SMILES string of the molecule is O=C(CN(C(=O)c1ccc([N+](=O)[O-])cc1)N1C(=O)[C@@H]2[C@@H](C1=O)[C@H]1C=C[C@H]2C1)c1ccc(OC(=O)c2ccc([N+](=O)[O-])cc2)cc1. The van der Waals surface area contributed by atoms with E-state index in [-0.39, 0.29) is 45.7 Å². The van der Waals surface area contributed by atoms with Crippen molar-refractivity contribution in [1.29, 1.82) is 0 Å². The number of imide groups is 1. The zero-order chi connectivity index (χ0) is 32.0. The van der Waals surface area contributed by atoms with Gasteiger partial charge in [-0.25, -0.2) is 9.80 Å². The third kappa shape index (κ3) is 5.22. The second-order valence-corrected chi connectivity index (χ2v) is 10.8. The van der Waals surface area contributed by atoms with Crippen molar-refractivity contribution in [2.24, 2.45) is 23.7 Å². The number of nitrogens with zero attached hydrogens (tertiary/aromatic N) is 4. The molecule has 226 valence electrons. The van der Waals surface area contributed by atoms with Crippen LogP contribution in [0.4, 0.5) is 11.4 Å². The first-order chi connectivity index (χ1) is 21.5. The molecule has 0 aromatic heterocycles. The Bertz CT molecular complexity index is 1770. The van der Waals surface area contributed by atoms with Gasteiger partial charge in [-0.15, -0.1) is 0 Å². The molecule has 1 heterocycles. The quantitative estimate of drug-likeness (QED) is 0.0656. The van der Waals surface area contributed by atoms with Gasteiger partial charge in [-0.1, -0.05) is 12.2 Å². The number of rotatable bonds is 9. The number of hydrazine groups is 1. The Morgan fingerprint density at radius 2 is 1.20 bits per heavy atom. The minimum Gasteiger partial charge on any atom is -0.423 e. The van der Waals surface area contributed by atoms with Gasteiger partial charge in [0.2, 0.25) is 0 Å². The summed E-state index contributed by atoms with van der Waals surface area (Å²) in [4.78, 5) is 87.3. The molecule has 2 aliphatic carbocycles. The average Bonchev–Trinajstić information content (AvgIpc) is 3.73. The number of amides is 3. The molecule has 0 N–H and O–H groups in total. The molecule has 0 spiro atoms. The van der Waals surface area contributed by atoms with Crippen LogP contribution in [0.1, 0.15) is 37.5 Å². The normalized spacial score (nSPS) is 21.0. The van der Waals surface area contributed by atoms with Gasteiger partial charge in [-0.05, 0) is 66.8 Å². The second kappa shape index (κ2) is 11.2. The van der Waals surface area contributed by atoms with E-state index >= 15 is 0 Å². The molecule has 4 atom stereocenters. The number of allylic oxidation sites excluding steroid dienone is 2. The van der Waals surface area contributed by atoms with Gasteiger partial charge in [-0.2, -0.15) is 5.01 Å². The lowest BCUT2D eigenvalue weighted by Crippen LogP contribution is -2.52. The van der Waals surface area contributed by atoms with Crippen LogP contribution in [0, 0.1) is 43.9 Å². The van der Waals surface area contributed by atoms with E-state index in [9.17, 15) is 44.2 Å². The van der Waals surface area contributed by atoms with Crippen molar-refractivity contribution in [3.8, 4) is 5.75 Å². The van der Waals surface area contributed by atoms with Gasteiger partial charge in [0.1, 0.15) is 12.3 Å². The fourth-order valence-electron chi connectivity index (χ4n) is 6.05. The van der Waals surface area contributed by atoms with Crippen molar-refractivity contribution in [3.63, 3.8) is 0 Å². The van der Waals surface area contributed by atoms with Gasteiger partial charge in [0.05, 0.1) is 27.2 Å². The van der Waals surface area contributed by atoms with E-state index in [1.807, 2.05) is 12.2 Å². The summed E-state index contributed by atoms with van der Waals surface area (Å²) >= 11 is 0. The molecule has 14 nitrogen and oxygen atoms in total. The lowest BCUT2D eigenvalue weighted by Gasteiger charge is -2.30. The standard InChI is InChI=1S/C31H22N4O10/c36-25(17-7-13-24(14-8-17)45-31(40)19-5-11-23(12-6-19)35(43)44)16-32(28(37)18-3-9-22(10-4-18)34(41)42)33-29(38)26-20-1-2-21(15-20)27(26)30(33)39/h1-14,20-21,26-27H,15-16H2/t20-,21-,26-,27-/m0/s1. The zero-order valence-electron chi connectivity index (χ0n) is 23.2. The molecule has 1 saturated heterocycles. The zero-order valence-corrected chi connectivity index (χ0v) is 23.2. The molecule has 0 radical (unpaired) electrons. The van der Waals surface area contributed by atoms with Crippen molar-refractivity contribution in [2.45, 2.75) is 6.42 Å². The van der Waals surface area contributed by atoms with Gasteiger partial charge in [-0.3, -0.25) is 39.4 Å². The number of benzene rings is 3. The Kier molecular flexibility index (Phi) is 7.24. The maximum Gasteiger partial charge on any atom is 0.343 e. The number of nitro groups is 2. The number of esters is 1. The first kappa shape index (κ1) is 29.0. The minimum atomic E-state index is -0.867. The molecular formula is C31H22N4O10. The number of carbonyl (C=O) groups excluding carboxylic acids is 5. The van der Waals surface area contributed by atoms with Crippen molar-refractivity contribution >= 4 is 40.8 Å². The Balaban J connectivity index is 1.22. The monoisotopic (exact) mass is 610 g/mol. The minimum absolute atomic E-state index is 0.0643. The molecule has 45 heavy (non-hydrogen) atoms. The number of Topliss-reactive ketones (excluding diaryl/α,β-unsaturated/α-hetero) is 1. The number of nitro benzene ring substituents is 2. The second-order valence-electron chi connectivity index (χ2n) is 10.8. The predicted octanol–water partition coefficient (Wildman–Crippen LogP) is 3.77. The van der Waals surface area contributed by atoms with Crippen LogP contribution in [0.3, 0.4) is 0 Å². The first-order valence-corrected chi connectivity index (χ1v) is 13.8. The molecule has 6 rings (SSSR count). The molecule has 1 saturated carbocycles. The van der Waals surface area contributed by atoms with E-state index in [1.165, 1.54) is 48.5 Å². The fraction of sp³-hybridized carbons (Fsp3) is 0.194. The summed E-state index contributed by atoms with van der Waals surface area (Å²) in [6.07, 6.45) is 4.45. The molecule has 0 unspecified atom stereocenters. The maximum absolute atomic E-state index is 13.7. The van der Waals surface area contributed by atoms with Crippen LogP contribution in [0.2, 0.25) is 0 Å². The number of hydrogen-bond donors (Lipinski definition) is 0. The summed E-state index contributed by atoms with van der Waals surface area (Å²) in [5.74, 6) is -4.97. The summed E-state index contributed by atoms with van der Waals surface area (Å²) in [6, 6.07) is 14.7. The topological polar surface area (TPSA) is 187 Å². The molecule has 3 amide bonds. The summed E-state index contributed by atoms with van der Waals surface area (Å²) in [5.41, 5.74) is -0.392. The number of hydrogen-bond acceptors (Lipinski definition) is 10. The van der Waals surface area contributed by atoms with E-state index in [1.54, 1.807) is 0 Å². The third-order valence-corrected chi connectivity index (χ3v) is 8.24. The van der Waals surface area contributed by atoms with Gasteiger partial charge in [0.15, 0.2) is 5.78 Å². The van der Waals surface area contributed by atoms with Crippen LogP contribution in [0.15, 0.2) is 84.9 Å². The van der Waals surface area contributed by atoms with Gasteiger partial charge < -0.3 is 4.74 Å². The van der Waals surface area contributed by atoms with E-state index in [4.69, 9.17) is 4.74 Å². The average molecular weight is 611 g/mol. The highest BCUT2D eigenvalue weighted by atomic mass is 16.6. The van der Waals surface area contributed by atoms with Crippen molar-refractivity contribution in [3.05, 3.63) is 122 Å². The molecule has 2 fully saturated rings. The van der Waals surface area contributed by atoms with Crippen molar-refractivity contribution < 1.29 is 38.6 Å². The summed E-state index contributed by atoms with van der Waals surface area (Å²) < 4.78 is 5.28. The lowest BCUT2D eigenvalue weighted by molar-refractivity contribution is -0.385. The highest BCUT2D eigenvalue weighted by Crippen LogP contribution is 2.52. The van der Waals surface area contributed by atoms with Gasteiger partial charge in [0, 0.05) is 35.4 Å². The number of ether oxygens (including phenoxy) is 1. The van der Waals surface area contributed by atoms with Gasteiger partial charge in [0.25, 0.3) is 29.1 Å². The fourth-order valence-corrected chi connectivity index (χ4v) is 6.05. The van der Waals surface area contributed by atoms with Crippen molar-refractivity contribution in [2.75, 3.05) is 6.54 Å². The highest BCUT2D eigenvalue weighted by molar-refractivity contribution is 6.10. The van der Waals surface area contributed by atoms with Crippen molar-refractivity contribution in [1.82, 2.24) is 10.0 Å². The Hall–Kier alpha value is -6.05. The van der Waals surface area contributed by atoms with Gasteiger partial charge >= 0.3 is 5.97 Å². The molecule has 2 bridgehead atoms. The lowest BCUT2D eigenvalue weighted by atomic mass is 9.85. The number of ketones is 1. The van der Waals surface area contributed by atoms with E-state index in [0.717, 1.165) is 34.3 Å². The maximum atomic E-state index is 13.7.